The Hall–Kier alpha value is -1.75. The summed E-state index contributed by atoms with van der Waals surface area (Å²) in [6.45, 7) is 1.97. The van der Waals surface area contributed by atoms with Gasteiger partial charge in [0.05, 0.1) is 23.6 Å². The maximum atomic E-state index is 11.9. The van der Waals surface area contributed by atoms with Gasteiger partial charge in [0.15, 0.2) is 0 Å². The molecule has 0 aliphatic heterocycles. The van der Waals surface area contributed by atoms with Crippen LogP contribution in [-0.2, 0) is 0 Å². The van der Waals surface area contributed by atoms with E-state index in [1.165, 1.54) is 12.4 Å². The molecule has 2 aromatic rings. The predicted molar refractivity (Wildman–Crippen MR) is 68.9 cm³/mol. The molecule has 0 atom stereocenters. The summed E-state index contributed by atoms with van der Waals surface area (Å²) in [5.74, 6) is -0.203. The lowest BCUT2D eigenvalue weighted by Gasteiger charge is -2.08. The fourth-order valence-electron chi connectivity index (χ4n) is 1.36. The highest BCUT2D eigenvalue weighted by Crippen LogP contribution is 2.25. The smallest absolute Gasteiger partial charge is 0.257 e. The monoisotopic (exact) mass is 291 g/mol. The minimum Gasteiger partial charge on any atom is -0.321 e. The number of amides is 1. The van der Waals surface area contributed by atoms with Crippen LogP contribution in [0.3, 0.4) is 0 Å². The van der Waals surface area contributed by atoms with Crippen molar-refractivity contribution >= 4 is 27.5 Å². The van der Waals surface area contributed by atoms with E-state index in [1.54, 1.807) is 6.07 Å². The first-order chi connectivity index (χ1) is 8.18. The standard InChI is InChI=1S/C12H10BrN3O/c1-8-3-2-4-10(11(8)13)16-12(17)9-5-6-14-15-7-9/h2-7H,1H3,(H,16,17). The van der Waals surface area contributed by atoms with Gasteiger partial charge in [-0.1, -0.05) is 12.1 Å². The van der Waals surface area contributed by atoms with Crippen LogP contribution in [0.25, 0.3) is 0 Å². The van der Waals surface area contributed by atoms with Crippen LogP contribution < -0.4 is 5.32 Å². The normalized spacial score (nSPS) is 10.0. The molecule has 0 saturated heterocycles. The number of benzene rings is 1. The molecule has 4 nitrogen and oxygen atoms in total. The first-order valence-electron chi connectivity index (χ1n) is 5.01. The average molecular weight is 292 g/mol. The molecular formula is C12H10BrN3O. The number of anilines is 1. The highest BCUT2D eigenvalue weighted by Gasteiger charge is 2.08. The third-order valence-electron chi connectivity index (χ3n) is 2.29. The minimum atomic E-state index is -0.203. The van der Waals surface area contributed by atoms with Gasteiger partial charge in [0.2, 0.25) is 0 Å². The number of nitrogens with zero attached hydrogens (tertiary/aromatic N) is 2. The summed E-state index contributed by atoms with van der Waals surface area (Å²) in [6, 6.07) is 7.31. The van der Waals surface area contributed by atoms with Gasteiger partial charge >= 0.3 is 0 Å². The SMILES string of the molecule is Cc1cccc(NC(=O)c2ccnnc2)c1Br. The summed E-state index contributed by atoms with van der Waals surface area (Å²) in [5, 5.41) is 10.1. The van der Waals surface area contributed by atoms with Crippen LogP contribution in [-0.4, -0.2) is 16.1 Å². The van der Waals surface area contributed by atoms with Gasteiger partial charge < -0.3 is 5.32 Å². The Bertz CT molecular complexity index is 543. The number of halogens is 1. The Morgan fingerprint density at radius 3 is 2.82 bits per heavy atom. The quantitative estimate of drug-likeness (QED) is 0.926. The van der Waals surface area contributed by atoms with Gasteiger partial charge in [-0.05, 0) is 40.5 Å². The van der Waals surface area contributed by atoms with Crippen LogP contribution in [0.15, 0.2) is 41.1 Å². The Morgan fingerprint density at radius 2 is 2.12 bits per heavy atom. The van der Waals surface area contributed by atoms with E-state index in [0.717, 1.165) is 15.7 Å². The van der Waals surface area contributed by atoms with Gasteiger partial charge in [-0.3, -0.25) is 4.79 Å². The zero-order chi connectivity index (χ0) is 12.3. The molecule has 0 aliphatic carbocycles. The highest BCUT2D eigenvalue weighted by molar-refractivity contribution is 9.10. The molecule has 1 aromatic carbocycles. The number of aryl methyl sites for hydroxylation is 1. The highest BCUT2D eigenvalue weighted by atomic mass is 79.9. The molecule has 2 rings (SSSR count). The molecule has 17 heavy (non-hydrogen) atoms. The van der Waals surface area contributed by atoms with Crippen molar-refractivity contribution in [3.05, 3.63) is 52.3 Å². The molecule has 0 unspecified atom stereocenters. The maximum Gasteiger partial charge on any atom is 0.257 e. The molecule has 0 radical (unpaired) electrons. The molecule has 0 saturated carbocycles. The molecule has 0 spiro atoms. The summed E-state index contributed by atoms with van der Waals surface area (Å²) in [5.41, 5.74) is 2.29. The Labute approximate surface area is 107 Å². The van der Waals surface area contributed by atoms with Crippen molar-refractivity contribution in [2.75, 3.05) is 5.32 Å². The van der Waals surface area contributed by atoms with E-state index >= 15 is 0 Å². The summed E-state index contributed by atoms with van der Waals surface area (Å²) >= 11 is 3.44. The van der Waals surface area contributed by atoms with Crippen molar-refractivity contribution < 1.29 is 4.79 Å². The molecule has 0 fully saturated rings. The third-order valence-corrected chi connectivity index (χ3v) is 3.34. The van der Waals surface area contributed by atoms with E-state index in [-0.39, 0.29) is 5.91 Å². The average Bonchev–Trinajstić information content (AvgIpc) is 2.36. The summed E-state index contributed by atoms with van der Waals surface area (Å²) in [6.07, 6.45) is 2.92. The number of carbonyl (C=O) groups excluding carboxylic acids is 1. The van der Waals surface area contributed by atoms with E-state index in [2.05, 4.69) is 31.4 Å². The lowest BCUT2D eigenvalue weighted by Crippen LogP contribution is -2.12. The van der Waals surface area contributed by atoms with Crippen LogP contribution in [0, 0.1) is 6.92 Å². The zero-order valence-electron chi connectivity index (χ0n) is 9.14. The van der Waals surface area contributed by atoms with Gasteiger partial charge in [0.1, 0.15) is 0 Å². The van der Waals surface area contributed by atoms with E-state index in [9.17, 15) is 4.79 Å². The molecule has 0 aliphatic rings. The van der Waals surface area contributed by atoms with E-state index < -0.39 is 0 Å². The largest absolute Gasteiger partial charge is 0.321 e. The second-order valence-corrected chi connectivity index (χ2v) is 4.31. The van der Waals surface area contributed by atoms with Crippen molar-refractivity contribution in [2.45, 2.75) is 6.92 Å². The first-order valence-corrected chi connectivity index (χ1v) is 5.81. The predicted octanol–water partition coefficient (Wildman–Crippen LogP) is 2.80. The van der Waals surface area contributed by atoms with Crippen molar-refractivity contribution in [3.8, 4) is 0 Å². The van der Waals surface area contributed by atoms with E-state index in [0.29, 0.717) is 5.56 Å². The topological polar surface area (TPSA) is 54.9 Å². The van der Waals surface area contributed by atoms with Crippen LogP contribution in [0.1, 0.15) is 15.9 Å². The molecule has 5 heteroatoms. The summed E-state index contributed by atoms with van der Waals surface area (Å²) in [7, 11) is 0. The number of carbonyl (C=O) groups is 1. The lowest BCUT2D eigenvalue weighted by atomic mass is 10.2. The van der Waals surface area contributed by atoms with Crippen molar-refractivity contribution in [2.24, 2.45) is 0 Å². The molecule has 1 amide bonds. The number of nitrogens with one attached hydrogen (secondary N) is 1. The number of rotatable bonds is 2. The molecule has 86 valence electrons. The van der Waals surface area contributed by atoms with Gasteiger partial charge in [-0.15, -0.1) is 0 Å². The molecule has 1 N–H and O–H groups in total. The number of hydrogen-bond acceptors (Lipinski definition) is 3. The van der Waals surface area contributed by atoms with Gasteiger partial charge in [-0.2, -0.15) is 10.2 Å². The van der Waals surface area contributed by atoms with Crippen molar-refractivity contribution in [1.29, 1.82) is 0 Å². The second kappa shape index (κ2) is 5.05. The Kier molecular flexibility index (Phi) is 3.49. The molecule has 1 aromatic heterocycles. The lowest BCUT2D eigenvalue weighted by molar-refractivity contribution is 0.102. The molecule has 1 heterocycles. The fourth-order valence-corrected chi connectivity index (χ4v) is 1.73. The number of hydrogen-bond donors (Lipinski definition) is 1. The molecule has 0 bridgehead atoms. The van der Waals surface area contributed by atoms with Gasteiger partial charge in [-0.25, -0.2) is 0 Å². The molecular weight excluding hydrogens is 282 g/mol. The minimum absolute atomic E-state index is 0.203. The van der Waals surface area contributed by atoms with Crippen molar-refractivity contribution in [3.63, 3.8) is 0 Å². The maximum absolute atomic E-state index is 11.9. The van der Waals surface area contributed by atoms with Crippen LogP contribution in [0.2, 0.25) is 0 Å². The Morgan fingerprint density at radius 1 is 1.29 bits per heavy atom. The third kappa shape index (κ3) is 2.68. The van der Waals surface area contributed by atoms with Crippen LogP contribution in [0.5, 0.6) is 0 Å². The van der Waals surface area contributed by atoms with E-state index in [4.69, 9.17) is 0 Å². The summed E-state index contributed by atoms with van der Waals surface area (Å²) in [4.78, 5) is 11.9. The number of aromatic nitrogens is 2. The van der Waals surface area contributed by atoms with Crippen LogP contribution >= 0.6 is 15.9 Å². The Balaban J connectivity index is 2.22. The zero-order valence-corrected chi connectivity index (χ0v) is 10.7. The van der Waals surface area contributed by atoms with Gasteiger partial charge in [0, 0.05) is 4.47 Å². The van der Waals surface area contributed by atoms with E-state index in [1.807, 2.05) is 25.1 Å². The van der Waals surface area contributed by atoms with Gasteiger partial charge in [0.25, 0.3) is 5.91 Å². The first kappa shape index (κ1) is 11.7. The van der Waals surface area contributed by atoms with Crippen molar-refractivity contribution in [1.82, 2.24) is 10.2 Å². The fraction of sp³-hybridized carbons (Fsp3) is 0.0833. The van der Waals surface area contributed by atoms with Crippen LogP contribution in [0.4, 0.5) is 5.69 Å². The summed E-state index contributed by atoms with van der Waals surface area (Å²) < 4.78 is 0.885. The second-order valence-electron chi connectivity index (χ2n) is 3.52.